The summed E-state index contributed by atoms with van der Waals surface area (Å²) in [6.07, 6.45) is 0. The highest BCUT2D eigenvalue weighted by atomic mass is 32.2. The lowest BCUT2D eigenvalue weighted by atomic mass is 9.77. The topological polar surface area (TPSA) is 128 Å². The summed E-state index contributed by atoms with van der Waals surface area (Å²) < 4.78 is 16.0. The number of imide groups is 1. The fourth-order valence-electron chi connectivity index (χ4n) is 4.45. The summed E-state index contributed by atoms with van der Waals surface area (Å²) in [6, 6.07) is 9.14. The number of phenols is 1. The molecule has 3 N–H and O–H groups in total. The van der Waals surface area contributed by atoms with Gasteiger partial charge >= 0.3 is 5.97 Å². The van der Waals surface area contributed by atoms with Gasteiger partial charge in [0, 0.05) is 23.6 Å². The predicted octanol–water partition coefficient (Wildman–Crippen LogP) is 1.89. The van der Waals surface area contributed by atoms with Crippen LogP contribution in [0.25, 0.3) is 0 Å². The van der Waals surface area contributed by atoms with E-state index in [0.717, 1.165) is 16.7 Å². The smallest absolute Gasteiger partial charge is 0.342 e. The van der Waals surface area contributed by atoms with Crippen LogP contribution >= 0.6 is 11.8 Å². The third-order valence-corrected chi connectivity index (χ3v) is 7.09. The van der Waals surface area contributed by atoms with Gasteiger partial charge in [0.15, 0.2) is 0 Å². The van der Waals surface area contributed by atoms with Crippen LogP contribution in [0.4, 0.5) is 5.69 Å². The minimum Gasteiger partial charge on any atom is -0.508 e. The number of ether oxygens (including phenoxy) is 3. The molecule has 2 amide bonds. The number of nitrogens with zero attached hydrogens (tertiary/aromatic N) is 1. The van der Waals surface area contributed by atoms with Gasteiger partial charge < -0.3 is 25.1 Å². The van der Waals surface area contributed by atoms with Gasteiger partial charge in [-0.1, -0.05) is 17.8 Å². The summed E-state index contributed by atoms with van der Waals surface area (Å²) in [7, 11) is 2.92. The van der Waals surface area contributed by atoms with Crippen LogP contribution in [-0.2, 0) is 14.4 Å². The van der Waals surface area contributed by atoms with Gasteiger partial charge in [0.1, 0.15) is 28.2 Å². The molecule has 0 aliphatic carbocycles. The Morgan fingerprint density at radius 1 is 1.06 bits per heavy atom. The van der Waals surface area contributed by atoms with Gasteiger partial charge in [-0.3, -0.25) is 9.59 Å². The van der Waals surface area contributed by atoms with Crippen molar-refractivity contribution in [1.29, 1.82) is 0 Å². The number of phenolic OH excluding ortho intramolecular Hbond substituents is 1. The zero-order chi connectivity index (χ0) is 22.7. The Morgan fingerprint density at radius 3 is 2.56 bits per heavy atom. The SMILES string of the molecule is COc1ccc(OC)c(N2C(=O)[C@H]3[C@@H](SC(N)=C4C(=O)Oc5cc(O)ccc5[C@H]43)C2=O)c1. The van der Waals surface area contributed by atoms with E-state index in [1.54, 1.807) is 24.3 Å². The number of nitrogens with two attached hydrogens (primary N) is 1. The Morgan fingerprint density at radius 2 is 1.84 bits per heavy atom. The second kappa shape index (κ2) is 7.20. The van der Waals surface area contributed by atoms with Crippen molar-refractivity contribution in [1.82, 2.24) is 0 Å². The number of aromatic hydroxyl groups is 1. The van der Waals surface area contributed by atoms with Crippen LogP contribution < -0.4 is 24.8 Å². The highest BCUT2D eigenvalue weighted by Gasteiger charge is 2.59. The number of rotatable bonds is 3. The third-order valence-electron chi connectivity index (χ3n) is 5.87. The van der Waals surface area contributed by atoms with Crippen LogP contribution in [0.3, 0.4) is 0 Å². The lowest BCUT2D eigenvalue weighted by Gasteiger charge is -2.36. The minimum atomic E-state index is -0.887. The molecule has 1 fully saturated rings. The highest BCUT2D eigenvalue weighted by molar-refractivity contribution is 8.04. The molecule has 3 aliphatic rings. The molecular weight excluding hydrogens is 436 g/mol. The van der Waals surface area contributed by atoms with Crippen molar-refractivity contribution >= 4 is 35.2 Å². The summed E-state index contributed by atoms with van der Waals surface area (Å²) in [5, 5.41) is 9.12. The second-order valence-electron chi connectivity index (χ2n) is 7.48. The molecule has 2 aromatic rings. The zero-order valence-corrected chi connectivity index (χ0v) is 17.8. The first-order chi connectivity index (χ1) is 15.3. The summed E-state index contributed by atoms with van der Waals surface area (Å²) in [5.74, 6) is -2.49. The first kappa shape index (κ1) is 20.3. The molecule has 1 saturated heterocycles. The van der Waals surface area contributed by atoms with Gasteiger partial charge in [-0.25, -0.2) is 9.69 Å². The average Bonchev–Trinajstić information content (AvgIpc) is 3.02. The lowest BCUT2D eigenvalue weighted by molar-refractivity contribution is -0.131. The maximum Gasteiger partial charge on any atom is 0.342 e. The standard InChI is InChI=1S/C22H18N2O7S/c1-29-10-4-6-13(30-2)12(8-10)24-20(26)16-15-11-5-3-9(25)7-14(11)31-22(28)17(15)19(23)32-18(16)21(24)27/h3-8,15-16,18,25H,23H2,1-2H3/t15-,16+,18+/m0/s1. The molecule has 0 spiro atoms. The van der Waals surface area contributed by atoms with Crippen LogP contribution in [0.2, 0.25) is 0 Å². The number of benzene rings is 2. The van der Waals surface area contributed by atoms with E-state index in [0.29, 0.717) is 17.1 Å². The number of esters is 1. The fourth-order valence-corrected chi connectivity index (χ4v) is 5.69. The van der Waals surface area contributed by atoms with Crippen LogP contribution in [0.15, 0.2) is 47.0 Å². The maximum absolute atomic E-state index is 13.7. The van der Waals surface area contributed by atoms with Crippen LogP contribution in [0, 0.1) is 5.92 Å². The van der Waals surface area contributed by atoms with E-state index >= 15 is 0 Å². The Hall–Kier alpha value is -3.66. The summed E-state index contributed by atoms with van der Waals surface area (Å²) in [4.78, 5) is 40.9. The number of hydrogen-bond acceptors (Lipinski definition) is 9. The molecule has 0 bridgehead atoms. The van der Waals surface area contributed by atoms with Gasteiger partial charge in [-0.05, 0) is 18.2 Å². The molecule has 0 unspecified atom stereocenters. The van der Waals surface area contributed by atoms with Crippen LogP contribution in [0.5, 0.6) is 23.0 Å². The van der Waals surface area contributed by atoms with E-state index in [-0.39, 0.29) is 27.8 Å². The van der Waals surface area contributed by atoms with Gasteiger partial charge in [0.05, 0.1) is 36.4 Å². The van der Waals surface area contributed by atoms with Crippen molar-refractivity contribution in [2.75, 3.05) is 19.1 Å². The Balaban J connectivity index is 1.66. The highest BCUT2D eigenvalue weighted by Crippen LogP contribution is 2.55. The molecule has 3 atom stereocenters. The largest absolute Gasteiger partial charge is 0.508 e. The van der Waals surface area contributed by atoms with E-state index in [2.05, 4.69) is 0 Å². The maximum atomic E-state index is 13.7. The van der Waals surface area contributed by atoms with Gasteiger partial charge in [0.2, 0.25) is 11.8 Å². The van der Waals surface area contributed by atoms with E-state index in [4.69, 9.17) is 19.9 Å². The summed E-state index contributed by atoms with van der Waals surface area (Å²) >= 11 is 0.981. The monoisotopic (exact) mass is 454 g/mol. The fraction of sp³-hybridized carbons (Fsp3) is 0.227. The summed E-state index contributed by atoms with van der Waals surface area (Å²) in [5.41, 5.74) is 7.09. The Bertz CT molecular complexity index is 1220. The molecule has 10 heteroatoms. The van der Waals surface area contributed by atoms with Crippen molar-refractivity contribution in [3.63, 3.8) is 0 Å². The number of fused-ring (bicyclic) bond motifs is 5. The van der Waals surface area contributed by atoms with Crippen molar-refractivity contribution < 1.29 is 33.7 Å². The van der Waals surface area contributed by atoms with Gasteiger partial charge in [-0.2, -0.15) is 0 Å². The molecule has 0 saturated carbocycles. The minimum absolute atomic E-state index is 0.0877. The molecular formula is C22H18N2O7S. The molecule has 5 rings (SSSR count). The normalized spacial score (nSPS) is 24.0. The van der Waals surface area contributed by atoms with E-state index < -0.39 is 34.9 Å². The van der Waals surface area contributed by atoms with Crippen LogP contribution in [-0.4, -0.2) is 42.4 Å². The van der Waals surface area contributed by atoms with Crippen molar-refractivity contribution in [2.24, 2.45) is 11.7 Å². The van der Waals surface area contributed by atoms with Gasteiger partial charge in [0.25, 0.3) is 0 Å². The molecule has 0 radical (unpaired) electrons. The number of carbonyl (C=O) groups is 3. The van der Waals surface area contributed by atoms with Crippen LogP contribution in [0.1, 0.15) is 11.5 Å². The number of carbonyl (C=O) groups excluding carboxylic acids is 3. The average molecular weight is 454 g/mol. The van der Waals surface area contributed by atoms with E-state index in [1.807, 2.05) is 0 Å². The first-order valence-corrected chi connectivity index (χ1v) is 10.5. The molecule has 0 aromatic heterocycles. The van der Waals surface area contributed by atoms with E-state index in [9.17, 15) is 19.5 Å². The summed E-state index contributed by atoms with van der Waals surface area (Å²) in [6.45, 7) is 0. The quantitative estimate of drug-likeness (QED) is 0.406. The third kappa shape index (κ3) is 2.76. The van der Waals surface area contributed by atoms with Crippen molar-refractivity contribution in [2.45, 2.75) is 11.2 Å². The number of amides is 2. The van der Waals surface area contributed by atoms with E-state index in [1.165, 1.54) is 26.4 Å². The van der Waals surface area contributed by atoms with Gasteiger partial charge in [-0.15, -0.1) is 0 Å². The number of anilines is 1. The molecule has 164 valence electrons. The molecule has 3 aliphatic heterocycles. The lowest BCUT2D eigenvalue weighted by Crippen LogP contribution is -2.39. The zero-order valence-electron chi connectivity index (χ0n) is 17.0. The first-order valence-electron chi connectivity index (χ1n) is 9.67. The molecule has 3 heterocycles. The van der Waals surface area contributed by atoms with Crippen molar-refractivity contribution in [3.8, 4) is 23.0 Å². The predicted molar refractivity (Wildman–Crippen MR) is 115 cm³/mol. The Labute approximate surface area is 186 Å². The number of thioether (sulfide) groups is 1. The molecule has 32 heavy (non-hydrogen) atoms. The molecule has 9 nitrogen and oxygen atoms in total. The van der Waals surface area contributed by atoms with Crippen molar-refractivity contribution in [3.05, 3.63) is 52.6 Å². The second-order valence-corrected chi connectivity index (χ2v) is 8.66. The number of hydrogen-bond donors (Lipinski definition) is 2. The number of methoxy groups -OCH3 is 2. The molecule has 2 aromatic carbocycles. The Kier molecular flexibility index (Phi) is 4.55.